The van der Waals surface area contributed by atoms with Crippen molar-refractivity contribution in [1.29, 1.82) is 0 Å². The van der Waals surface area contributed by atoms with E-state index in [1.165, 1.54) is 0 Å². The van der Waals surface area contributed by atoms with Crippen LogP contribution >= 0.6 is 11.5 Å². The summed E-state index contributed by atoms with van der Waals surface area (Å²) in [6.45, 7) is 12.5. The molecular formula is C21H30N4O2S. The van der Waals surface area contributed by atoms with Gasteiger partial charge >= 0.3 is 0 Å². The highest BCUT2D eigenvalue weighted by Crippen LogP contribution is 2.26. The standard InChI is InChI=1S/C21H30N4O2S/c1-14(2)11-12-25(20(27)17-13-28-24-23-17)18(19(26)22-21(4,5)6)16-9-7-15(3)8-10-16/h7-10,13-14,18H,11-12H2,1-6H3,(H,22,26)/t18-/m0/s1. The van der Waals surface area contributed by atoms with Gasteiger partial charge in [0.25, 0.3) is 5.91 Å². The van der Waals surface area contributed by atoms with E-state index in [1.807, 2.05) is 52.0 Å². The first-order valence-electron chi connectivity index (χ1n) is 9.55. The highest BCUT2D eigenvalue weighted by atomic mass is 32.1. The number of nitrogens with one attached hydrogen (secondary N) is 1. The van der Waals surface area contributed by atoms with Crippen molar-refractivity contribution in [3.63, 3.8) is 0 Å². The van der Waals surface area contributed by atoms with Gasteiger partial charge in [-0.2, -0.15) is 0 Å². The van der Waals surface area contributed by atoms with Crippen LogP contribution in [0.1, 0.15) is 68.7 Å². The van der Waals surface area contributed by atoms with E-state index in [0.717, 1.165) is 29.1 Å². The molecule has 2 rings (SSSR count). The van der Waals surface area contributed by atoms with Crippen LogP contribution in [0.25, 0.3) is 0 Å². The molecule has 1 aromatic heterocycles. The van der Waals surface area contributed by atoms with Gasteiger partial charge in [-0.25, -0.2) is 0 Å². The summed E-state index contributed by atoms with van der Waals surface area (Å²) in [6, 6.07) is 7.02. The Morgan fingerprint density at radius 3 is 2.32 bits per heavy atom. The van der Waals surface area contributed by atoms with E-state index in [0.29, 0.717) is 12.5 Å². The normalized spacial score (nSPS) is 12.7. The molecular weight excluding hydrogens is 372 g/mol. The lowest BCUT2D eigenvalue weighted by Crippen LogP contribution is -2.49. The molecule has 6 nitrogen and oxygen atoms in total. The Labute approximate surface area is 171 Å². The molecule has 2 aromatic rings. The summed E-state index contributed by atoms with van der Waals surface area (Å²) >= 11 is 1.13. The maximum absolute atomic E-state index is 13.3. The van der Waals surface area contributed by atoms with Gasteiger partial charge in [0.15, 0.2) is 5.69 Å². The second-order valence-electron chi connectivity index (χ2n) is 8.52. The Hall–Kier alpha value is -2.28. The second-order valence-corrected chi connectivity index (χ2v) is 9.13. The lowest BCUT2D eigenvalue weighted by molar-refractivity contribution is -0.127. The van der Waals surface area contributed by atoms with Crippen LogP contribution in [0.3, 0.4) is 0 Å². The van der Waals surface area contributed by atoms with Crippen LogP contribution < -0.4 is 5.32 Å². The molecule has 2 amide bonds. The molecule has 0 unspecified atom stereocenters. The Morgan fingerprint density at radius 1 is 1.18 bits per heavy atom. The summed E-state index contributed by atoms with van der Waals surface area (Å²) in [7, 11) is 0. The summed E-state index contributed by atoms with van der Waals surface area (Å²) in [5.74, 6) is -0.0751. The van der Waals surface area contributed by atoms with Crippen LogP contribution in [-0.2, 0) is 4.79 Å². The van der Waals surface area contributed by atoms with E-state index in [4.69, 9.17) is 0 Å². The van der Waals surface area contributed by atoms with E-state index in [9.17, 15) is 9.59 Å². The summed E-state index contributed by atoms with van der Waals surface area (Å²) < 4.78 is 3.81. The molecule has 0 aliphatic heterocycles. The van der Waals surface area contributed by atoms with E-state index in [-0.39, 0.29) is 17.5 Å². The first-order valence-corrected chi connectivity index (χ1v) is 10.4. The molecule has 0 aliphatic carbocycles. The minimum absolute atomic E-state index is 0.198. The molecule has 1 N–H and O–H groups in total. The zero-order valence-corrected chi connectivity index (χ0v) is 18.3. The Kier molecular flexibility index (Phi) is 7.29. The topological polar surface area (TPSA) is 75.2 Å². The van der Waals surface area contributed by atoms with Gasteiger partial charge in [0.1, 0.15) is 6.04 Å². The second kappa shape index (κ2) is 9.28. The fraction of sp³-hybridized carbons (Fsp3) is 0.524. The van der Waals surface area contributed by atoms with Crippen LogP contribution in [0.4, 0.5) is 0 Å². The molecule has 1 aromatic carbocycles. The number of benzene rings is 1. The number of carbonyl (C=O) groups is 2. The highest BCUT2D eigenvalue weighted by molar-refractivity contribution is 7.03. The number of carbonyl (C=O) groups excluding carboxylic acids is 2. The highest BCUT2D eigenvalue weighted by Gasteiger charge is 2.34. The first kappa shape index (κ1) is 22.0. The van der Waals surface area contributed by atoms with E-state index in [2.05, 4.69) is 28.8 Å². The van der Waals surface area contributed by atoms with Crippen molar-refractivity contribution < 1.29 is 9.59 Å². The van der Waals surface area contributed by atoms with Gasteiger partial charge in [-0.15, -0.1) is 5.10 Å². The first-order chi connectivity index (χ1) is 13.1. The van der Waals surface area contributed by atoms with Crippen molar-refractivity contribution in [3.8, 4) is 0 Å². The van der Waals surface area contributed by atoms with E-state index >= 15 is 0 Å². The molecule has 1 heterocycles. The number of aromatic nitrogens is 2. The van der Waals surface area contributed by atoms with Crippen molar-refractivity contribution in [3.05, 3.63) is 46.5 Å². The van der Waals surface area contributed by atoms with Crippen LogP contribution in [0.15, 0.2) is 29.6 Å². The van der Waals surface area contributed by atoms with Gasteiger partial charge < -0.3 is 10.2 Å². The third-order valence-electron chi connectivity index (χ3n) is 4.24. The van der Waals surface area contributed by atoms with Crippen molar-refractivity contribution in [2.45, 2.75) is 59.5 Å². The molecule has 28 heavy (non-hydrogen) atoms. The monoisotopic (exact) mass is 402 g/mol. The molecule has 1 atom stereocenters. The Morgan fingerprint density at radius 2 is 1.82 bits per heavy atom. The fourth-order valence-electron chi connectivity index (χ4n) is 2.81. The smallest absolute Gasteiger partial charge is 0.276 e. The minimum Gasteiger partial charge on any atom is -0.349 e. The molecule has 0 saturated carbocycles. The summed E-state index contributed by atoms with van der Waals surface area (Å²) in [4.78, 5) is 28.1. The predicted octanol–water partition coefficient (Wildman–Crippen LogP) is 3.99. The van der Waals surface area contributed by atoms with Crippen LogP contribution in [-0.4, -0.2) is 38.4 Å². The van der Waals surface area contributed by atoms with Gasteiger partial charge in [0.05, 0.1) is 0 Å². The average Bonchev–Trinajstić information content (AvgIpc) is 3.12. The molecule has 0 aliphatic rings. The van der Waals surface area contributed by atoms with Gasteiger partial charge in [-0.1, -0.05) is 48.2 Å². The summed E-state index contributed by atoms with van der Waals surface area (Å²) in [5.41, 5.74) is 1.75. The van der Waals surface area contributed by atoms with Gasteiger partial charge in [-0.3, -0.25) is 9.59 Å². The van der Waals surface area contributed by atoms with Crippen LogP contribution in [0.2, 0.25) is 0 Å². The molecule has 0 saturated heterocycles. The van der Waals surface area contributed by atoms with Gasteiger partial charge in [-0.05, 0) is 57.1 Å². The minimum atomic E-state index is -0.729. The molecule has 0 radical (unpaired) electrons. The van der Waals surface area contributed by atoms with Crippen molar-refractivity contribution in [2.75, 3.05) is 6.54 Å². The third kappa shape index (κ3) is 6.12. The molecule has 0 fully saturated rings. The maximum atomic E-state index is 13.3. The number of nitrogens with zero attached hydrogens (tertiary/aromatic N) is 3. The van der Waals surface area contributed by atoms with Crippen molar-refractivity contribution in [2.24, 2.45) is 5.92 Å². The van der Waals surface area contributed by atoms with Gasteiger partial charge in [0.2, 0.25) is 5.91 Å². The quantitative estimate of drug-likeness (QED) is 0.760. The summed E-state index contributed by atoms with van der Waals surface area (Å²) in [5, 5.41) is 8.59. The summed E-state index contributed by atoms with van der Waals surface area (Å²) in [6.07, 6.45) is 0.786. The van der Waals surface area contributed by atoms with Crippen LogP contribution in [0, 0.1) is 12.8 Å². The lowest BCUT2D eigenvalue weighted by Gasteiger charge is -2.33. The number of amides is 2. The maximum Gasteiger partial charge on any atom is 0.276 e. The van der Waals surface area contributed by atoms with Crippen molar-refractivity contribution in [1.82, 2.24) is 19.8 Å². The lowest BCUT2D eigenvalue weighted by atomic mass is 9.99. The number of hydrogen-bond donors (Lipinski definition) is 1. The zero-order valence-electron chi connectivity index (χ0n) is 17.5. The Bertz CT molecular complexity index is 780. The van der Waals surface area contributed by atoms with Gasteiger partial charge in [0, 0.05) is 17.5 Å². The van der Waals surface area contributed by atoms with E-state index < -0.39 is 11.6 Å². The largest absolute Gasteiger partial charge is 0.349 e. The third-order valence-corrected chi connectivity index (χ3v) is 4.74. The molecule has 152 valence electrons. The SMILES string of the molecule is Cc1ccc([C@@H](C(=O)NC(C)(C)C)N(CCC(C)C)C(=O)c2csnn2)cc1. The van der Waals surface area contributed by atoms with Crippen LogP contribution in [0.5, 0.6) is 0 Å². The zero-order chi connectivity index (χ0) is 20.9. The Balaban J connectivity index is 2.47. The number of aryl methyl sites for hydroxylation is 1. The number of rotatable bonds is 7. The van der Waals surface area contributed by atoms with E-state index in [1.54, 1.807) is 10.3 Å². The molecule has 0 spiro atoms. The van der Waals surface area contributed by atoms with Crippen molar-refractivity contribution >= 4 is 23.3 Å². The number of hydrogen-bond acceptors (Lipinski definition) is 5. The fourth-order valence-corrected chi connectivity index (χ4v) is 3.24. The average molecular weight is 403 g/mol. The molecule has 7 heteroatoms. The molecule has 0 bridgehead atoms. The predicted molar refractivity (Wildman–Crippen MR) is 112 cm³/mol.